The number of benzene rings is 2. The van der Waals surface area contributed by atoms with Gasteiger partial charge in [-0.3, -0.25) is 9.59 Å². The number of hydrogen-bond acceptors (Lipinski definition) is 3. The maximum absolute atomic E-state index is 12.6. The Morgan fingerprint density at radius 2 is 1.48 bits per heavy atom. The smallest absolute Gasteiger partial charge is 0.194 e. The van der Waals surface area contributed by atoms with Crippen LogP contribution in [0.15, 0.2) is 61.2 Å². The molecule has 0 saturated heterocycles. The zero-order chi connectivity index (χ0) is 14.4. The Kier molecular flexibility index (Phi) is 2.38. The minimum atomic E-state index is -0.109. The number of fused-ring (bicyclic) bond motifs is 2. The fourth-order valence-electron chi connectivity index (χ4n) is 2.66. The van der Waals surface area contributed by atoms with Crippen molar-refractivity contribution in [3.63, 3.8) is 0 Å². The minimum absolute atomic E-state index is 0.0996. The lowest BCUT2D eigenvalue weighted by Crippen LogP contribution is -2.21. The van der Waals surface area contributed by atoms with Gasteiger partial charge >= 0.3 is 0 Å². The monoisotopic (exact) mass is 274 g/mol. The quantitative estimate of drug-likeness (QED) is 0.536. The molecule has 0 bridgehead atoms. The zero-order valence-electron chi connectivity index (χ0n) is 11.0. The predicted octanol–water partition coefficient (Wildman–Crippen LogP) is 2.65. The second-order valence-corrected chi connectivity index (χ2v) is 4.90. The highest BCUT2D eigenvalue weighted by Gasteiger charge is 2.29. The Bertz CT molecular complexity index is 880. The highest BCUT2D eigenvalue weighted by molar-refractivity contribution is 6.28. The molecule has 0 amide bonds. The molecule has 1 aliphatic carbocycles. The van der Waals surface area contributed by atoms with E-state index < -0.39 is 0 Å². The van der Waals surface area contributed by atoms with Crippen molar-refractivity contribution in [3.8, 4) is 5.69 Å². The molecule has 4 nitrogen and oxygen atoms in total. The standard InChI is InChI=1S/C17H10N2O2/c20-16-12-3-1-2-4-13(12)17(21)15-9-11(5-6-14(15)16)19-8-7-18-10-19/h1-10H. The summed E-state index contributed by atoms with van der Waals surface area (Å²) in [6.45, 7) is 0. The van der Waals surface area contributed by atoms with Crippen molar-refractivity contribution in [1.82, 2.24) is 9.55 Å². The van der Waals surface area contributed by atoms with E-state index in [0.717, 1.165) is 5.69 Å². The van der Waals surface area contributed by atoms with Crippen LogP contribution < -0.4 is 0 Å². The van der Waals surface area contributed by atoms with Crippen molar-refractivity contribution >= 4 is 11.6 Å². The first-order valence-corrected chi connectivity index (χ1v) is 6.56. The topological polar surface area (TPSA) is 52.0 Å². The number of ketones is 2. The van der Waals surface area contributed by atoms with Gasteiger partial charge in [0.1, 0.15) is 0 Å². The number of carbonyl (C=O) groups is 2. The van der Waals surface area contributed by atoms with E-state index in [0.29, 0.717) is 22.3 Å². The summed E-state index contributed by atoms with van der Waals surface area (Å²) in [6.07, 6.45) is 5.12. The number of carbonyl (C=O) groups excluding carboxylic acids is 2. The summed E-state index contributed by atoms with van der Waals surface area (Å²) in [7, 11) is 0. The third-order valence-electron chi connectivity index (χ3n) is 3.71. The van der Waals surface area contributed by atoms with Crippen LogP contribution in [0.4, 0.5) is 0 Å². The first kappa shape index (κ1) is 11.8. The molecule has 0 radical (unpaired) electrons. The van der Waals surface area contributed by atoms with Crippen molar-refractivity contribution in [2.45, 2.75) is 0 Å². The van der Waals surface area contributed by atoms with Gasteiger partial charge in [0.25, 0.3) is 0 Å². The van der Waals surface area contributed by atoms with E-state index in [-0.39, 0.29) is 11.6 Å². The summed E-state index contributed by atoms with van der Waals surface area (Å²) in [5.41, 5.74) is 2.67. The van der Waals surface area contributed by atoms with E-state index in [2.05, 4.69) is 4.98 Å². The first-order chi connectivity index (χ1) is 10.3. The van der Waals surface area contributed by atoms with Gasteiger partial charge in [0.05, 0.1) is 6.33 Å². The van der Waals surface area contributed by atoms with Crippen LogP contribution in [-0.2, 0) is 0 Å². The highest BCUT2D eigenvalue weighted by atomic mass is 16.1. The molecule has 100 valence electrons. The van der Waals surface area contributed by atoms with Crippen molar-refractivity contribution in [2.75, 3.05) is 0 Å². The number of hydrogen-bond donors (Lipinski definition) is 0. The van der Waals surface area contributed by atoms with Gasteiger partial charge in [-0.15, -0.1) is 0 Å². The summed E-state index contributed by atoms with van der Waals surface area (Å²) >= 11 is 0. The van der Waals surface area contributed by atoms with E-state index in [1.807, 2.05) is 6.07 Å². The predicted molar refractivity (Wildman–Crippen MR) is 76.9 cm³/mol. The molecule has 1 heterocycles. The van der Waals surface area contributed by atoms with Gasteiger partial charge in [-0.05, 0) is 18.2 Å². The van der Waals surface area contributed by atoms with Crippen LogP contribution in [-0.4, -0.2) is 21.1 Å². The third-order valence-corrected chi connectivity index (χ3v) is 3.71. The second-order valence-electron chi connectivity index (χ2n) is 4.90. The molecule has 2 aromatic carbocycles. The van der Waals surface area contributed by atoms with Crippen molar-refractivity contribution in [3.05, 3.63) is 83.4 Å². The molecule has 21 heavy (non-hydrogen) atoms. The Balaban J connectivity index is 1.93. The molecule has 0 aliphatic heterocycles. The highest BCUT2D eigenvalue weighted by Crippen LogP contribution is 2.28. The third kappa shape index (κ3) is 1.66. The number of nitrogens with zero attached hydrogens (tertiary/aromatic N) is 2. The van der Waals surface area contributed by atoms with E-state index in [1.54, 1.807) is 59.7 Å². The Morgan fingerprint density at radius 3 is 2.14 bits per heavy atom. The SMILES string of the molecule is O=C1c2ccccc2C(=O)c2cc(-n3ccnc3)ccc21. The molecule has 0 spiro atoms. The summed E-state index contributed by atoms with van der Waals surface area (Å²) in [5.74, 6) is -0.209. The van der Waals surface area contributed by atoms with Crippen LogP contribution in [0.25, 0.3) is 5.69 Å². The normalized spacial score (nSPS) is 13.0. The van der Waals surface area contributed by atoms with Crippen LogP contribution in [0.2, 0.25) is 0 Å². The molecule has 0 N–H and O–H groups in total. The minimum Gasteiger partial charge on any atom is -0.306 e. The van der Waals surface area contributed by atoms with Gasteiger partial charge in [0, 0.05) is 40.3 Å². The van der Waals surface area contributed by atoms with E-state index in [1.165, 1.54) is 0 Å². The Labute approximate surface area is 120 Å². The van der Waals surface area contributed by atoms with Crippen LogP contribution in [0, 0.1) is 0 Å². The van der Waals surface area contributed by atoms with Crippen LogP contribution in [0.3, 0.4) is 0 Å². The molecule has 1 aromatic heterocycles. The summed E-state index contributed by atoms with van der Waals surface area (Å²) in [6, 6.07) is 12.2. The maximum Gasteiger partial charge on any atom is 0.194 e. The number of imidazole rings is 1. The molecule has 0 atom stereocenters. The molecular formula is C17H10N2O2. The summed E-state index contributed by atoms with van der Waals surface area (Å²) in [4.78, 5) is 29.1. The lowest BCUT2D eigenvalue weighted by molar-refractivity contribution is 0.0979. The average molecular weight is 274 g/mol. The first-order valence-electron chi connectivity index (χ1n) is 6.56. The van der Waals surface area contributed by atoms with Crippen molar-refractivity contribution in [2.24, 2.45) is 0 Å². The largest absolute Gasteiger partial charge is 0.306 e. The lowest BCUT2D eigenvalue weighted by atomic mass is 9.84. The molecule has 0 fully saturated rings. The second kappa shape index (κ2) is 4.24. The Hall–Kier alpha value is -3.01. The van der Waals surface area contributed by atoms with Crippen LogP contribution in [0.5, 0.6) is 0 Å². The molecule has 3 aromatic rings. The van der Waals surface area contributed by atoms with Gasteiger partial charge in [-0.2, -0.15) is 0 Å². The lowest BCUT2D eigenvalue weighted by Gasteiger charge is -2.18. The maximum atomic E-state index is 12.6. The van der Waals surface area contributed by atoms with Gasteiger partial charge in [0.2, 0.25) is 0 Å². The number of rotatable bonds is 1. The van der Waals surface area contributed by atoms with Gasteiger partial charge in [-0.1, -0.05) is 24.3 Å². The number of aromatic nitrogens is 2. The van der Waals surface area contributed by atoms with Gasteiger partial charge < -0.3 is 4.57 Å². The molecule has 4 rings (SSSR count). The molecule has 1 aliphatic rings. The summed E-state index contributed by atoms with van der Waals surface area (Å²) in [5, 5.41) is 0. The van der Waals surface area contributed by atoms with Crippen molar-refractivity contribution < 1.29 is 9.59 Å². The van der Waals surface area contributed by atoms with Gasteiger partial charge in [-0.25, -0.2) is 4.98 Å². The van der Waals surface area contributed by atoms with E-state index in [9.17, 15) is 9.59 Å². The molecule has 0 unspecified atom stereocenters. The average Bonchev–Trinajstić information content (AvgIpc) is 3.06. The summed E-state index contributed by atoms with van der Waals surface area (Å²) < 4.78 is 1.80. The van der Waals surface area contributed by atoms with Crippen LogP contribution >= 0.6 is 0 Å². The van der Waals surface area contributed by atoms with Gasteiger partial charge in [0.15, 0.2) is 11.6 Å². The fourth-order valence-corrected chi connectivity index (χ4v) is 2.66. The Morgan fingerprint density at radius 1 is 0.810 bits per heavy atom. The fraction of sp³-hybridized carbons (Fsp3) is 0. The molecular weight excluding hydrogens is 264 g/mol. The van der Waals surface area contributed by atoms with Crippen LogP contribution in [0.1, 0.15) is 31.8 Å². The van der Waals surface area contributed by atoms with Crippen molar-refractivity contribution in [1.29, 1.82) is 0 Å². The van der Waals surface area contributed by atoms with E-state index >= 15 is 0 Å². The molecule has 4 heteroatoms. The zero-order valence-corrected chi connectivity index (χ0v) is 11.0. The molecule has 0 saturated carbocycles. The van der Waals surface area contributed by atoms with E-state index in [4.69, 9.17) is 0 Å².